The van der Waals surface area contributed by atoms with Crippen LogP contribution in [0, 0.1) is 6.92 Å². The Morgan fingerprint density at radius 1 is 1.42 bits per heavy atom. The number of carbonyl (C=O) groups is 2. The lowest BCUT2D eigenvalue weighted by Crippen LogP contribution is -2.34. The number of nitrogens with zero attached hydrogens (tertiary/aromatic N) is 2. The minimum absolute atomic E-state index is 0.0202. The third-order valence-corrected chi connectivity index (χ3v) is 2.98. The van der Waals surface area contributed by atoms with Crippen LogP contribution in [-0.2, 0) is 20.7 Å². The van der Waals surface area contributed by atoms with Gasteiger partial charge >= 0.3 is 5.97 Å². The average molecular weight is 264 g/mol. The van der Waals surface area contributed by atoms with Gasteiger partial charge in [0.1, 0.15) is 0 Å². The molecule has 0 saturated heterocycles. The summed E-state index contributed by atoms with van der Waals surface area (Å²) in [4.78, 5) is 29.1. The molecular formula is C14H20N2O3. The number of pyridine rings is 1. The number of hydrogen-bond acceptors (Lipinski definition) is 4. The second kappa shape index (κ2) is 7.51. The van der Waals surface area contributed by atoms with E-state index < -0.39 is 0 Å². The van der Waals surface area contributed by atoms with Crippen LogP contribution < -0.4 is 0 Å². The summed E-state index contributed by atoms with van der Waals surface area (Å²) in [5.41, 5.74) is 1.78. The molecule has 0 N–H and O–H groups in total. The van der Waals surface area contributed by atoms with E-state index in [-0.39, 0.29) is 24.7 Å². The van der Waals surface area contributed by atoms with Crippen molar-refractivity contribution in [1.29, 1.82) is 0 Å². The summed E-state index contributed by atoms with van der Waals surface area (Å²) >= 11 is 0. The Hall–Kier alpha value is -1.91. The lowest BCUT2D eigenvalue weighted by Gasteiger charge is -2.20. The molecule has 0 saturated carbocycles. The second-order valence-electron chi connectivity index (χ2n) is 4.24. The van der Waals surface area contributed by atoms with Crippen LogP contribution in [0.25, 0.3) is 0 Å². The van der Waals surface area contributed by atoms with Crippen molar-refractivity contribution in [2.75, 3.05) is 20.2 Å². The van der Waals surface area contributed by atoms with Crippen molar-refractivity contribution in [3.05, 3.63) is 29.6 Å². The molecule has 104 valence electrons. The van der Waals surface area contributed by atoms with Gasteiger partial charge in [-0.25, -0.2) is 0 Å². The molecule has 5 heteroatoms. The number of methoxy groups -OCH3 is 1. The first-order chi connectivity index (χ1) is 9.08. The molecule has 0 aliphatic carbocycles. The van der Waals surface area contributed by atoms with Gasteiger partial charge in [0.15, 0.2) is 0 Å². The van der Waals surface area contributed by atoms with Gasteiger partial charge in [0, 0.05) is 19.3 Å². The molecule has 1 aromatic heterocycles. The SMILES string of the molecule is CCN(CCC(=O)OC)C(=O)Cc1ncccc1C. The van der Waals surface area contributed by atoms with Gasteiger partial charge in [-0.1, -0.05) is 6.07 Å². The Bertz CT molecular complexity index is 446. The van der Waals surface area contributed by atoms with Crippen molar-refractivity contribution in [3.8, 4) is 0 Å². The van der Waals surface area contributed by atoms with E-state index in [1.807, 2.05) is 26.0 Å². The Balaban J connectivity index is 2.59. The molecule has 0 aliphatic heterocycles. The normalized spacial score (nSPS) is 10.1. The average Bonchev–Trinajstić information content (AvgIpc) is 2.41. The van der Waals surface area contributed by atoms with E-state index in [1.54, 1.807) is 11.1 Å². The summed E-state index contributed by atoms with van der Waals surface area (Å²) in [7, 11) is 1.34. The van der Waals surface area contributed by atoms with Crippen LogP contribution in [0.5, 0.6) is 0 Å². The largest absolute Gasteiger partial charge is 0.469 e. The summed E-state index contributed by atoms with van der Waals surface area (Å²) in [6.07, 6.45) is 2.17. The zero-order chi connectivity index (χ0) is 14.3. The van der Waals surface area contributed by atoms with Crippen LogP contribution in [0.15, 0.2) is 18.3 Å². The van der Waals surface area contributed by atoms with E-state index in [9.17, 15) is 9.59 Å². The molecule has 0 atom stereocenters. The van der Waals surface area contributed by atoms with Crippen LogP contribution in [0.1, 0.15) is 24.6 Å². The summed E-state index contributed by atoms with van der Waals surface area (Å²) in [6.45, 7) is 4.77. The second-order valence-corrected chi connectivity index (χ2v) is 4.24. The number of esters is 1. The summed E-state index contributed by atoms with van der Waals surface area (Å²) in [5, 5.41) is 0. The number of ether oxygens (including phenoxy) is 1. The summed E-state index contributed by atoms with van der Waals surface area (Å²) < 4.78 is 4.57. The van der Waals surface area contributed by atoms with Crippen LogP contribution in [0.3, 0.4) is 0 Å². The Morgan fingerprint density at radius 3 is 2.74 bits per heavy atom. The number of carbonyl (C=O) groups excluding carboxylic acids is 2. The first kappa shape index (κ1) is 15.1. The maximum Gasteiger partial charge on any atom is 0.307 e. The van der Waals surface area contributed by atoms with E-state index in [0.717, 1.165) is 11.3 Å². The van der Waals surface area contributed by atoms with Crippen LogP contribution in [0.4, 0.5) is 0 Å². The van der Waals surface area contributed by atoms with Crippen molar-refractivity contribution in [2.45, 2.75) is 26.7 Å². The smallest absolute Gasteiger partial charge is 0.307 e. The Labute approximate surface area is 113 Å². The minimum Gasteiger partial charge on any atom is -0.469 e. The highest BCUT2D eigenvalue weighted by Crippen LogP contribution is 2.06. The van der Waals surface area contributed by atoms with Crippen LogP contribution in [-0.4, -0.2) is 42.0 Å². The molecule has 0 radical (unpaired) electrons. The van der Waals surface area contributed by atoms with Crippen molar-refractivity contribution in [1.82, 2.24) is 9.88 Å². The predicted molar refractivity (Wildman–Crippen MR) is 71.6 cm³/mol. The standard InChI is InChI=1S/C14H20N2O3/c1-4-16(9-7-14(18)19-3)13(17)10-12-11(2)6-5-8-15-12/h5-6,8H,4,7,9-10H2,1-3H3. The lowest BCUT2D eigenvalue weighted by molar-refractivity contribution is -0.141. The molecule has 0 unspecified atom stereocenters. The molecule has 0 aromatic carbocycles. The zero-order valence-electron chi connectivity index (χ0n) is 11.7. The molecule has 1 heterocycles. The third-order valence-electron chi connectivity index (χ3n) is 2.98. The van der Waals surface area contributed by atoms with Crippen molar-refractivity contribution in [3.63, 3.8) is 0 Å². The lowest BCUT2D eigenvalue weighted by atomic mass is 10.1. The predicted octanol–water partition coefficient (Wildman–Crippen LogP) is 1.34. The Kier molecular flexibility index (Phi) is 5.99. The number of hydrogen-bond donors (Lipinski definition) is 0. The molecule has 0 bridgehead atoms. The van der Waals surface area contributed by atoms with Gasteiger partial charge in [0.2, 0.25) is 5.91 Å². The quantitative estimate of drug-likeness (QED) is 0.728. The fourth-order valence-corrected chi connectivity index (χ4v) is 1.75. The molecule has 5 nitrogen and oxygen atoms in total. The number of amides is 1. The molecule has 19 heavy (non-hydrogen) atoms. The number of rotatable bonds is 6. The minimum atomic E-state index is -0.305. The first-order valence-corrected chi connectivity index (χ1v) is 6.33. The Morgan fingerprint density at radius 2 is 2.16 bits per heavy atom. The third kappa shape index (κ3) is 4.69. The summed E-state index contributed by atoms with van der Waals surface area (Å²) in [5.74, 6) is -0.325. The molecule has 1 rings (SSSR count). The number of aryl methyl sites for hydroxylation is 1. The summed E-state index contributed by atoms with van der Waals surface area (Å²) in [6, 6.07) is 3.78. The highest BCUT2D eigenvalue weighted by atomic mass is 16.5. The van der Waals surface area contributed by atoms with E-state index in [1.165, 1.54) is 7.11 Å². The number of aromatic nitrogens is 1. The van der Waals surface area contributed by atoms with Gasteiger partial charge in [0.05, 0.1) is 25.6 Å². The fourth-order valence-electron chi connectivity index (χ4n) is 1.75. The van der Waals surface area contributed by atoms with Gasteiger partial charge < -0.3 is 9.64 Å². The molecule has 0 aliphatic rings. The fraction of sp³-hybridized carbons (Fsp3) is 0.500. The van der Waals surface area contributed by atoms with E-state index >= 15 is 0 Å². The van der Waals surface area contributed by atoms with E-state index in [0.29, 0.717) is 13.1 Å². The monoisotopic (exact) mass is 264 g/mol. The molecule has 0 fully saturated rings. The van der Waals surface area contributed by atoms with Gasteiger partial charge in [0.25, 0.3) is 0 Å². The first-order valence-electron chi connectivity index (χ1n) is 6.33. The molecular weight excluding hydrogens is 244 g/mol. The van der Waals surface area contributed by atoms with Gasteiger partial charge in [-0.15, -0.1) is 0 Å². The van der Waals surface area contributed by atoms with Crippen molar-refractivity contribution in [2.24, 2.45) is 0 Å². The zero-order valence-corrected chi connectivity index (χ0v) is 11.7. The van der Waals surface area contributed by atoms with Gasteiger partial charge in [-0.3, -0.25) is 14.6 Å². The number of likely N-dealkylation sites (N-methyl/N-ethyl adjacent to an activating group) is 1. The van der Waals surface area contributed by atoms with Crippen LogP contribution >= 0.6 is 0 Å². The maximum absolute atomic E-state index is 12.1. The maximum atomic E-state index is 12.1. The van der Waals surface area contributed by atoms with Gasteiger partial charge in [-0.05, 0) is 25.5 Å². The molecule has 0 spiro atoms. The van der Waals surface area contributed by atoms with Crippen LogP contribution in [0.2, 0.25) is 0 Å². The van der Waals surface area contributed by atoms with Crippen molar-refractivity contribution >= 4 is 11.9 Å². The highest BCUT2D eigenvalue weighted by Gasteiger charge is 2.15. The van der Waals surface area contributed by atoms with E-state index in [2.05, 4.69) is 9.72 Å². The van der Waals surface area contributed by atoms with Crippen molar-refractivity contribution < 1.29 is 14.3 Å². The molecule has 1 aromatic rings. The topological polar surface area (TPSA) is 59.5 Å². The highest BCUT2D eigenvalue weighted by molar-refractivity contribution is 5.79. The van der Waals surface area contributed by atoms with E-state index in [4.69, 9.17) is 0 Å². The molecule has 1 amide bonds. The van der Waals surface area contributed by atoms with Gasteiger partial charge in [-0.2, -0.15) is 0 Å².